The quantitative estimate of drug-likeness (QED) is 0.742. The minimum absolute atomic E-state index is 0.0679. The second kappa shape index (κ2) is 4.59. The average molecular weight is 215 g/mol. The van der Waals surface area contributed by atoms with E-state index in [1.165, 1.54) is 17.5 Å². The molecule has 0 heterocycles. The van der Waals surface area contributed by atoms with E-state index in [0.717, 1.165) is 12.8 Å². The van der Waals surface area contributed by atoms with E-state index in [1.807, 2.05) is 19.1 Å². The van der Waals surface area contributed by atoms with E-state index < -0.39 is 0 Å². The number of phenolic OH excluding ortho intramolecular Hbond substituents is 1. The maximum absolute atomic E-state index is 9.53. The molecule has 0 saturated carbocycles. The van der Waals surface area contributed by atoms with Gasteiger partial charge in [-0.3, -0.25) is 5.32 Å². The van der Waals surface area contributed by atoms with Crippen LogP contribution in [0, 0.1) is 12.3 Å². The van der Waals surface area contributed by atoms with E-state index in [9.17, 15) is 5.11 Å². The minimum Gasteiger partial charge on any atom is -0.508 e. The van der Waals surface area contributed by atoms with Crippen LogP contribution in [0.25, 0.3) is 0 Å². The van der Waals surface area contributed by atoms with E-state index >= 15 is 0 Å². The van der Waals surface area contributed by atoms with E-state index in [0.29, 0.717) is 5.75 Å². The van der Waals surface area contributed by atoms with Crippen molar-refractivity contribution in [2.75, 3.05) is 0 Å². The van der Waals surface area contributed by atoms with Gasteiger partial charge in [-0.05, 0) is 49.4 Å². The molecule has 0 spiro atoms. The number of fused-ring (bicyclic) bond motifs is 1. The zero-order valence-electron chi connectivity index (χ0n) is 9.53. The van der Waals surface area contributed by atoms with Gasteiger partial charge in [0.15, 0.2) is 0 Å². The first kappa shape index (κ1) is 11.0. The van der Waals surface area contributed by atoms with Crippen molar-refractivity contribution in [1.82, 2.24) is 5.32 Å². The molecule has 2 atom stereocenters. The fourth-order valence-electron chi connectivity index (χ4n) is 2.31. The molecule has 0 bridgehead atoms. The van der Waals surface area contributed by atoms with Gasteiger partial charge in [0.2, 0.25) is 0 Å². The van der Waals surface area contributed by atoms with Crippen LogP contribution in [0.15, 0.2) is 18.2 Å². The summed E-state index contributed by atoms with van der Waals surface area (Å²) in [6.07, 6.45) is 8.73. The lowest BCUT2D eigenvalue weighted by Gasteiger charge is -2.28. The molecule has 0 saturated heterocycles. The Bertz CT molecular complexity index is 419. The third-order valence-corrected chi connectivity index (χ3v) is 3.14. The summed E-state index contributed by atoms with van der Waals surface area (Å²) in [5.41, 5.74) is 2.53. The Labute approximate surface area is 96.7 Å². The Morgan fingerprint density at radius 3 is 3.12 bits per heavy atom. The second-order valence-electron chi connectivity index (χ2n) is 4.38. The highest BCUT2D eigenvalue weighted by atomic mass is 16.3. The number of rotatable bonds is 2. The zero-order chi connectivity index (χ0) is 11.5. The van der Waals surface area contributed by atoms with Crippen LogP contribution in [0.3, 0.4) is 0 Å². The van der Waals surface area contributed by atoms with Crippen molar-refractivity contribution in [1.29, 1.82) is 0 Å². The predicted octanol–water partition coefficient (Wildman–Crippen LogP) is 2.38. The first-order chi connectivity index (χ1) is 7.70. The summed E-state index contributed by atoms with van der Waals surface area (Å²) in [7, 11) is 0. The predicted molar refractivity (Wildman–Crippen MR) is 65.2 cm³/mol. The normalized spacial score (nSPS) is 20.9. The lowest BCUT2D eigenvalue weighted by atomic mass is 9.87. The first-order valence-electron chi connectivity index (χ1n) is 5.74. The summed E-state index contributed by atoms with van der Waals surface area (Å²) in [6, 6.07) is 5.97. The molecule has 2 unspecified atom stereocenters. The molecule has 1 aromatic rings. The number of aromatic hydroxyl groups is 1. The third kappa shape index (κ3) is 2.20. The zero-order valence-corrected chi connectivity index (χ0v) is 9.53. The maximum atomic E-state index is 9.53. The summed E-state index contributed by atoms with van der Waals surface area (Å²) in [5, 5.41) is 12.9. The van der Waals surface area contributed by atoms with Crippen LogP contribution in [0.5, 0.6) is 5.75 Å². The lowest BCUT2D eigenvalue weighted by molar-refractivity contribution is 0.436. The molecule has 1 aromatic carbocycles. The Hall–Kier alpha value is -1.46. The molecule has 2 heteroatoms. The van der Waals surface area contributed by atoms with E-state index in [1.54, 1.807) is 6.07 Å². The minimum atomic E-state index is 0.0679. The van der Waals surface area contributed by atoms with Crippen LogP contribution in [-0.2, 0) is 6.42 Å². The number of aryl methyl sites for hydroxylation is 1. The average Bonchev–Trinajstić information content (AvgIpc) is 2.29. The molecule has 2 nitrogen and oxygen atoms in total. The van der Waals surface area contributed by atoms with Crippen LogP contribution in [0.4, 0.5) is 0 Å². The molecule has 2 N–H and O–H groups in total. The smallest absolute Gasteiger partial charge is 0.115 e. The summed E-state index contributed by atoms with van der Waals surface area (Å²) in [4.78, 5) is 0. The topological polar surface area (TPSA) is 32.3 Å². The van der Waals surface area contributed by atoms with Gasteiger partial charge in [-0.15, -0.1) is 6.42 Å². The van der Waals surface area contributed by atoms with Crippen LogP contribution in [0.1, 0.15) is 36.9 Å². The molecule has 0 fully saturated rings. The number of terminal acetylenes is 1. The van der Waals surface area contributed by atoms with Gasteiger partial charge in [-0.2, -0.15) is 0 Å². The van der Waals surface area contributed by atoms with Crippen molar-refractivity contribution in [3.63, 3.8) is 0 Å². The number of nitrogens with one attached hydrogen (secondary N) is 1. The molecule has 84 valence electrons. The molecule has 1 aliphatic rings. The monoisotopic (exact) mass is 215 g/mol. The van der Waals surface area contributed by atoms with Crippen molar-refractivity contribution in [2.45, 2.75) is 38.3 Å². The standard InChI is InChI=1S/C14H17NO/c1-3-10(2)15-14-6-4-5-11-7-8-12(16)9-13(11)14/h1,7-10,14-16H,4-6H2,2H3. The highest BCUT2D eigenvalue weighted by Crippen LogP contribution is 2.32. The van der Waals surface area contributed by atoms with Crippen LogP contribution in [-0.4, -0.2) is 11.1 Å². The molecule has 0 aliphatic heterocycles. The maximum Gasteiger partial charge on any atom is 0.115 e. The van der Waals surface area contributed by atoms with Gasteiger partial charge in [-0.1, -0.05) is 12.0 Å². The summed E-state index contributed by atoms with van der Waals surface area (Å²) >= 11 is 0. The number of hydrogen-bond acceptors (Lipinski definition) is 2. The van der Waals surface area contributed by atoms with Crippen molar-refractivity contribution in [3.8, 4) is 18.1 Å². The molecule has 1 aliphatic carbocycles. The van der Waals surface area contributed by atoms with Crippen molar-refractivity contribution in [2.24, 2.45) is 0 Å². The second-order valence-corrected chi connectivity index (χ2v) is 4.38. The summed E-state index contributed by atoms with van der Waals surface area (Å²) in [5.74, 6) is 3.02. The van der Waals surface area contributed by atoms with Crippen molar-refractivity contribution >= 4 is 0 Å². The summed E-state index contributed by atoms with van der Waals surface area (Å²) < 4.78 is 0. The van der Waals surface area contributed by atoms with E-state index in [4.69, 9.17) is 6.42 Å². The molecular weight excluding hydrogens is 198 g/mol. The number of phenols is 1. The van der Waals surface area contributed by atoms with E-state index in [2.05, 4.69) is 11.2 Å². The Morgan fingerprint density at radius 2 is 2.38 bits per heavy atom. The molecule has 0 aromatic heterocycles. The molecular formula is C14H17NO. The van der Waals surface area contributed by atoms with Gasteiger partial charge < -0.3 is 5.11 Å². The molecule has 2 rings (SSSR count). The van der Waals surface area contributed by atoms with Gasteiger partial charge in [0.25, 0.3) is 0 Å². The highest BCUT2D eigenvalue weighted by Gasteiger charge is 2.21. The van der Waals surface area contributed by atoms with Gasteiger partial charge in [0.1, 0.15) is 5.75 Å². The Kier molecular flexibility index (Phi) is 3.17. The molecule has 16 heavy (non-hydrogen) atoms. The van der Waals surface area contributed by atoms with Crippen molar-refractivity contribution in [3.05, 3.63) is 29.3 Å². The largest absolute Gasteiger partial charge is 0.508 e. The molecule has 0 radical (unpaired) electrons. The third-order valence-electron chi connectivity index (χ3n) is 3.14. The number of benzene rings is 1. The van der Waals surface area contributed by atoms with E-state index in [-0.39, 0.29) is 12.1 Å². The van der Waals surface area contributed by atoms with Gasteiger partial charge in [-0.25, -0.2) is 0 Å². The van der Waals surface area contributed by atoms with Crippen LogP contribution >= 0.6 is 0 Å². The van der Waals surface area contributed by atoms with Gasteiger partial charge >= 0.3 is 0 Å². The van der Waals surface area contributed by atoms with Gasteiger partial charge in [0.05, 0.1) is 6.04 Å². The lowest BCUT2D eigenvalue weighted by Crippen LogP contribution is -2.31. The van der Waals surface area contributed by atoms with Crippen molar-refractivity contribution < 1.29 is 5.11 Å². The van der Waals surface area contributed by atoms with Crippen LogP contribution < -0.4 is 5.32 Å². The fourth-order valence-corrected chi connectivity index (χ4v) is 2.31. The number of hydrogen-bond donors (Lipinski definition) is 2. The molecule has 0 amide bonds. The first-order valence-corrected chi connectivity index (χ1v) is 5.74. The SMILES string of the molecule is C#CC(C)NC1CCCc2ccc(O)cc21. The van der Waals surface area contributed by atoms with Gasteiger partial charge in [0, 0.05) is 6.04 Å². The highest BCUT2D eigenvalue weighted by molar-refractivity contribution is 5.38. The Morgan fingerprint density at radius 1 is 1.56 bits per heavy atom. The summed E-state index contributed by atoms with van der Waals surface area (Å²) in [6.45, 7) is 1.98. The van der Waals surface area contributed by atoms with Crippen LogP contribution in [0.2, 0.25) is 0 Å². The Balaban J connectivity index is 2.25. The fraction of sp³-hybridized carbons (Fsp3) is 0.429.